The van der Waals surface area contributed by atoms with Crippen LogP contribution in [0.2, 0.25) is 0 Å². The molecule has 0 aliphatic heterocycles. The minimum Gasteiger partial charge on any atom is -0.260 e. The summed E-state index contributed by atoms with van der Waals surface area (Å²) in [6.45, 7) is 7.37. The lowest BCUT2D eigenvalue weighted by atomic mass is 9.87. The SMILES string of the molecule is CCS(=O)c1cc(C(C)(C)C#N)cnc1C. The van der Waals surface area contributed by atoms with E-state index >= 15 is 0 Å². The number of nitriles is 1. The van der Waals surface area contributed by atoms with E-state index in [1.165, 1.54) is 0 Å². The summed E-state index contributed by atoms with van der Waals surface area (Å²) in [7, 11) is -1.02. The van der Waals surface area contributed by atoms with Gasteiger partial charge >= 0.3 is 0 Å². The van der Waals surface area contributed by atoms with Crippen molar-refractivity contribution >= 4 is 10.8 Å². The van der Waals surface area contributed by atoms with Gasteiger partial charge in [0.1, 0.15) is 0 Å². The van der Waals surface area contributed by atoms with Crippen molar-refractivity contribution in [2.75, 3.05) is 5.75 Å². The van der Waals surface area contributed by atoms with Crippen LogP contribution in [-0.4, -0.2) is 14.9 Å². The summed E-state index contributed by atoms with van der Waals surface area (Å²) in [6.07, 6.45) is 1.69. The molecule has 0 amide bonds. The van der Waals surface area contributed by atoms with E-state index in [0.717, 1.165) is 16.2 Å². The Bertz CT molecular complexity index is 461. The first-order chi connectivity index (χ1) is 7.42. The van der Waals surface area contributed by atoms with Crippen LogP contribution < -0.4 is 0 Å². The summed E-state index contributed by atoms with van der Waals surface area (Å²) < 4.78 is 11.8. The number of hydrogen-bond acceptors (Lipinski definition) is 3. The fourth-order valence-corrected chi connectivity index (χ4v) is 2.26. The maximum atomic E-state index is 11.8. The smallest absolute Gasteiger partial charge is 0.0781 e. The van der Waals surface area contributed by atoms with Crippen LogP contribution in [0.5, 0.6) is 0 Å². The quantitative estimate of drug-likeness (QED) is 0.809. The van der Waals surface area contributed by atoms with Crippen LogP contribution >= 0.6 is 0 Å². The maximum absolute atomic E-state index is 11.8. The highest BCUT2D eigenvalue weighted by molar-refractivity contribution is 7.85. The second kappa shape index (κ2) is 4.75. The van der Waals surface area contributed by atoms with Crippen molar-refractivity contribution in [3.05, 3.63) is 23.5 Å². The number of aryl methyl sites for hydroxylation is 1. The molecule has 0 spiro atoms. The van der Waals surface area contributed by atoms with Gasteiger partial charge in [-0.25, -0.2) is 0 Å². The molecule has 1 heterocycles. The maximum Gasteiger partial charge on any atom is 0.0781 e. The van der Waals surface area contributed by atoms with Gasteiger partial charge in [0.2, 0.25) is 0 Å². The molecule has 1 unspecified atom stereocenters. The van der Waals surface area contributed by atoms with Crippen molar-refractivity contribution in [3.8, 4) is 6.07 Å². The number of rotatable bonds is 3. The Morgan fingerprint density at radius 2 is 2.19 bits per heavy atom. The van der Waals surface area contributed by atoms with Crippen molar-refractivity contribution in [2.24, 2.45) is 0 Å². The second-order valence-electron chi connectivity index (χ2n) is 4.18. The van der Waals surface area contributed by atoms with Gasteiger partial charge in [-0.3, -0.25) is 9.19 Å². The fourth-order valence-electron chi connectivity index (χ4n) is 1.31. The molecule has 1 aromatic heterocycles. The summed E-state index contributed by atoms with van der Waals surface area (Å²) >= 11 is 0. The molecule has 86 valence electrons. The predicted molar refractivity (Wildman–Crippen MR) is 64.6 cm³/mol. The molecule has 0 aliphatic rings. The number of pyridine rings is 1. The molecule has 4 heteroatoms. The molecule has 1 rings (SSSR count). The average molecular weight is 236 g/mol. The van der Waals surface area contributed by atoms with Crippen molar-refractivity contribution in [1.82, 2.24) is 4.98 Å². The van der Waals surface area contributed by atoms with E-state index in [4.69, 9.17) is 5.26 Å². The monoisotopic (exact) mass is 236 g/mol. The van der Waals surface area contributed by atoms with E-state index < -0.39 is 16.2 Å². The summed E-state index contributed by atoms with van der Waals surface area (Å²) in [6, 6.07) is 4.06. The molecule has 0 bridgehead atoms. The second-order valence-corrected chi connectivity index (χ2v) is 5.89. The van der Waals surface area contributed by atoms with Gasteiger partial charge in [-0.2, -0.15) is 5.26 Å². The molecule has 0 aromatic carbocycles. The molecule has 1 atom stereocenters. The van der Waals surface area contributed by atoms with Crippen LogP contribution in [0.25, 0.3) is 0 Å². The van der Waals surface area contributed by atoms with Gasteiger partial charge < -0.3 is 0 Å². The molecular weight excluding hydrogens is 220 g/mol. The van der Waals surface area contributed by atoms with E-state index in [9.17, 15) is 4.21 Å². The lowest BCUT2D eigenvalue weighted by Gasteiger charge is -2.16. The fraction of sp³-hybridized carbons (Fsp3) is 0.500. The molecule has 3 nitrogen and oxygen atoms in total. The Labute approximate surface area is 99.0 Å². The Kier molecular flexibility index (Phi) is 3.82. The first-order valence-electron chi connectivity index (χ1n) is 5.19. The zero-order valence-electron chi connectivity index (χ0n) is 10.1. The summed E-state index contributed by atoms with van der Waals surface area (Å²) in [4.78, 5) is 4.96. The molecule has 1 aromatic rings. The highest BCUT2D eigenvalue weighted by Crippen LogP contribution is 2.24. The van der Waals surface area contributed by atoms with E-state index in [-0.39, 0.29) is 0 Å². The van der Waals surface area contributed by atoms with E-state index in [1.54, 1.807) is 6.20 Å². The van der Waals surface area contributed by atoms with Crippen molar-refractivity contribution in [1.29, 1.82) is 5.26 Å². The van der Waals surface area contributed by atoms with Gasteiger partial charge in [-0.1, -0.05) is 6.92 Å². The topological polar surface area (TPSA) is 53.8 Å². The first-order valence-corrected chi connectivity index (χ1v) is 6.51. The summed E-state index contributed by atoms with van der Waals surface area (Å²) in [5.74, 6) is 0.568. The zero-order valence-corrected chi connectivity index (χ0v) is 10.9. The number of aromatic nitrogens is 1. The molecule has 0 fully saturated rings. The summed E-state index contributed by atoms with van der Waals surface area (Å²) in [5.41, 5.74) is 1.00. The van der Waals surface area contributed by atoms with Crippen LogP contribution in [0.3, 0.4) is 0 Å². The van der Waals surface area contributed by atoms with Gasteiger partial charge in [-0.05, 0) is 32.4 Å². The van der Waals surface area contributed by atoms with Crippen molar-refractivity contribution < 1.29 is 4.21 Å². The molecule has 0 N–H and O–H groups in total. The van der Waals surface area contributed by atoms with Crippen molar-refractivity contribution in [3.63, 3.8) is 0 Å². The zero-order chi connectivity index (χ0) is 12.3. The first kappa shape index (κ1) is 12.9. The van der Waals surface area contributed by atoms with Gasteiger partial charge in [-0.15, -0.1) is 0 Å². The third-order valence-electron chi connectivity index (χ3n) is 2.55. The Balaban J connectivity index is 3.29. The standard InChI is InChI=1S/C12H16N2OS/c1-5-16(15)11-6-10(7-14-9(11)2)12(3,4)8-13/h6-7H,5H2,1-4H3. The number of nitrogens with zero attached hydrogens (tertiary/aromatic N) is 2. The molecule has 16 heavy (non-hydrogen) atoms. The minimum atomic E-state index is -1.02. The Morgan fingerprint density at radius 3 is 2.69 bits per heavy atom. The minimum absolute atomic E-state index is 0.568. The Hall–Kier alpha value is -1.21. The van der Waals surface area contributed by atoms with Crippen LogP contribution in [0.1, 0.15) is 32.0 Å². The van der Waals surface area contributed by atoms with Crippen molar-refractivity contribution in [2.45, 2.75) is 38.0 Å². The van der Waals surface area contributed by atoms with Crippen LogP contribution in [-0.2, 0) is 16.2 Å². The van der Waals surface area contributed by atoms with Gasteiger partial charge in [0.05, 0.1) is 32.9 Å². The highest BCUT2D eigenvalue weighted by Gasteiger charge is 2.22. The van der Waals surface area contributed by atoms with Crippen LogP contribution in [0.4, 0.5) is 0 Å². The Morgan fingerprint density at radius 1 is 1.56 bits per heavy atom. The lowest BCUT2D eigenvalue weighted by molar-refractivity contribution is 0.671. The third kappa shape index (κ3) is 2.48. The largest absolute Gasteiger partial charge is 0.260 e. The van der Waals surface area contributed by atoms with Gasteiger partial charge in [0.25, 0.3) is 0 Å². The van der Waals surface area contributed by atoms with Crippen LogP contribution in [0.15, 0.2) is 17.2 Å². The molecule has 0 aliphatic carbocycles. The van der Waals surface area contributed by atoms with Gasteiger partial charge in [0, 0.05) is 11.9 Å². The molecular formula is C12H16N2OS. The lowest BCUT2D eigenvalue weighted by Crippen LogP contribution is -2.15. The average Bonchev–Trinajstić information content (AvgIpc) is 2.28. The highest BCUT2D eigenvalue weighted by atomic mass is 32.2. The summed E-state index contributed by atoms with van der Waals surface area (Å²) in [5, 5.41) is 9.05. The van der Waals surface area contributed by atoms with E-state index in [1.807, 2.05) is 33.8 Å². The molecule has 0 saturated carbocycles. The normalized spacial score (nSPS) is 13.2. The van der Waals surface area contributed by atoms with Crippen LogP contribution in [0, 0.1) is 18.3 Å². The van der Waals surface area contributed by atoms with E-state index in [2.05, 4.69) is 11.1 Å². The molecule has 0 radical (unpaired) electrons. The van der Waals surface area contributed by atoms with E-state index in [0.29, 0.717) is 5.75 Å². The number of hydrogen-bond donors (Lipinski definition) is 0. The van der Waals surface area contributed by atoms with Gasteiger partial charge in [0.15, 0.2) is 0 Å². The third-order valence-corrected chi connectivity index (χ3v) is 3.98. The molecule has 0 saturated heterocycles. The predicted octanol–water partition coefficient (Wildman–Crippen LogP) is 2.32.